The molecule has 0 atom stereocenters. The van der Waals surface area contributed by atoms with Crippen LogP contribution in [0.15, 0.2) is 35.6 Å². The largest absolute Gasteiger partial charge is 0.462 e. The number of nitrogens with zero attached hydrogens (tertiary/aromatic N) is 2. The summed E-state index contributed by atoms with van der Waals surface area (Å²) in [6, 6.07) is 7.67. The highest BCUT2D eigenvalue weighted by atomic mass is 32.2. The molecule has 0 amide bonds. The number of nitrogens with one attached hydrogen (secondary N) is 1. The zero-order valence-electron chi connectivity index (χ0n) is 14.4. The number of carbonyl (C=O) groups is 2. The molecule has 0 spiro atoms. The van der Waals surface area contributed by atoms with Gasteiger partial charge < -0.3 is 15.5 Å². The SMILES string of the molecule is CCOC(=O)c1cnc(SCC(=O)c2c(C)[nH]c3ccccc23)nc1N. The van der Waals surface area contributed by atoms with Crippen LogP contribution in [0.2, 0.25) is 0 Å². The highest BCUT2D eigenvalue weighted by molar-refractivity contribution is 7.99. The van der Waals surface area contributed by atoms with Crippen molar-refractivity contribution in [1.29, 1.82) is 0 Å². The van der Waals surface area contributed by atoms with E-state index in [-0.39, 0.29) is 29.5 Å². The number of fused-ring (bicyclic) bond motifs is 1. The Morgan fingerprint density at radius 1 is 1.31 bits per heavy atom. The van der Waals surface area contributed by atoms with Crippen molar-refractivity contribution in [3.8, 4) is 0 Å². The summed E-state index contributed by atoms with van der Waals surface area (Å²) in [6.07, 6.45) is 1.32. The molecule has 0 saturated heterocycles. The topological polar surface area (TPSA) is 111 Å². The van der Waals surface area contributed by atoms with Gasteiger partial charge in [-0.25, -0.2) is 14.8 Å². The number of Topliss-reactive ketones (excluding diaryl/α,β-unsaturated/α-hetero) is 1. The number of hydrogen-bond acceptors (Lipinski definition) is 7. The first kappa shape index (κ1) is 17.9. The first-order chi connectivity index (χ1) is 12.5. The molecule has 0 fully saturated rings. The number of carbonyl (C=O) groups excluding carboxylic acids is 2. The van der Waals surface area contributed by atoms with E-state index in [1.54, 1.807) is 6.92 Å². The molecule has 3 N–H and O–H groups in total. The Morgan fingerprint density at radius 3 is 2.81 bits per heavy atom. The van der Waals surface area contributed by atoms with Gasteiger partial charge in [0.15, 0.2) is 10.9 Å². The van der Waals surface area contributed by atoms with Crippen LogP contribution in [0.1, 0.15) is 33.3 Å². The number of thioether (sulfide) groups is 1. The Bertz CT molecular complexity index is 984. The molecule has 3 aromatic rings. The van der Waals surface area contributed by atoms with E-state index in [0.29, 0.717) is 10.7 Å². The maximum atomic E-state index is 12.7. The molecule has 2 aromatic heterocycles. The fourth-order valence-electron chi connectivity index (χ4n) is 2.65. The lowest BCUT2D eigenvalue weighted by molar-refractivity contribution is 0.0526. The van der Waals surface area contributed by atoms with Crippen LogP contribution < -0.4 is 5.73 Å². The lowest BCUT2D eigenvalue weighted by Gasteiger charge is -2.06. The molecule has 134 valence electrons. The number of benzene rings is 1. The van der Waals surface area contributed by atoms with E-state index < -0.39 is 5.97 Å². The maximum Gasteiger partial charge on any atom is 0.343 e. The number of aryl methyl sites for hydroxylation is 1. The molecule has 0 aliphatic heterocycles. The van der Waals surface area contributed by atoms with E-state index in [1.807, 2.05) is 31.2 Å². The third-order valence-electron chi connectivity index (χ3n) is 3.80. The molecule has 26 heavy (non-hydrogen) atoms. The van der Waals surface area contributed by atoms with E-state index in [0.717, 1.165) is 16.6 Å². The number of nitrogens with two attached hydrogens (primary N) is 1. The van der Waals surface area contributed by atoms with Crippen LogP contribution in [0.5, 0.6) is 0 Å². The van der Waals surface area contributed by atoms with Crippen LogP contribution in [0.3, 0.4) is 0 Å². The van der Waals surface area contributed by atoms with E-state index in [4.69, 9.17) is 10.5 Å². The number of anilines is 1. The Kier molecular flexibility index (Phi) is 5.22. The summed E-state index contributed by atoms with van der Waals surface area (Å²) in [5, 5.41) is 1.23. The van der Waals surface area contributed by atoms with Gasteiger partial charge in [0.1, 0.15) is 11.4 Å². The monoisotopic (exact) mass is 370 g/mol. The molecule has 2 heterocycles. The van der Waals surface area contributed by atoms with Crippen LogP contribution in [0.4, 0.5) is 5.82 Å². The quantitative estimate of drug-likeness (QED) is 0.297. The summed E-state index contributed by atoms with van der Waals surface area (Å²) < 4.78 is 4.89. The predicted molar refractivity (Wildman–Crippen MR) is 100 cm³/mol. The Labute approximate surface area is 154 Å². The summed E-state index contributed by atoms with van der Waals surface area (Å²) in [5.41, 5.74) is 8.34. The molecule has 3 rings (SSSR count). The van der Waals surface area contributed by atoms with Gasteiger partial charge in [-0.05, 0) is 19.9 Å². The van der Waals surface area contributed by atoms with Gasteiger partial charge in [0.05, 0.1) is 12.4 Å². The molecular formula is C18H18N4O3S. The molecule has 0 aliphatic rings. The predicted octanol–water partition coefficient (Wildman–Crippen LogP) is 3.00. The summed E-state index contributed by atoms with van der Waals surface area (Å²) >= 11 is 1.17. The van der Waals surface area contributed by atoms with Gasteiger partial charge in [-0.1, -0.05) is 30.0 Å². The molecule has 1 aromatic carbocycles. The second-order valence-electron chi connectivity index (χ2n) is 5.55. The summed E-state index contributed by atoms with van der Waals surface area (Å²) in [7, 11) is 0. The Balaban J connectivity index is 1.74. The van der Waals surface area contributed by atoms with E-state index in [9.17, 15) is 9.59 Å². The number of aromatic amines is 1. The smallest absolute Gasteiger partial charge is 0.343 e. The minimum absolute atomic E-state index is 0.0263. The summed E-state index contributed by atoms with van der Waals surface area (Å²) in [6.45, 7) is 3.82. The number of hydrogen-bond donors (Lipinski definition) is 2. The van der Waals surface area contributed by atoms with Crippen molar-refractivity contribution in [2.75, 3.05) is 18.1 Å². The van der Waals surface area contributed by atoms with Crippen LogP contribution in [0.25, 0.3) is 10.9 Å². The van der Waals surface area contributed by atoms with E-state index in [1.165, 1.54) is 18.0 Å². The zero-order valence-corrected chi connectivity index (χ0v) is 15.2. The molecule has 8 heteroatoms. The van der Waals surface area contributed by atoms with Crippen molar-refractivity contribution in [2.24, 2.45) is 0 Å². The molecular weight excluding hydrogens is 352 g/mol. The highest BCUT2D eigenvalue weighted by Crippen LogP contribution is 2.25. The van der Waals surface area contributed by atoms with Crippen molar-refractivity contribution in [2.45, 2.75) is 19.0 Å². The fourth-order valence-corrected chi connectivity index (χ4v) is 3.35. The Hall–Kier alpha value is -2.87. The second kappa shape index (κ2) is 7.57. The lowest BCUT2D eigenvalue weighted by Crippen LogP contribution is -2.11. The number of H-pyrrole nitrogens is 1. The molecule has 0 saturated carbocycles. The fraction of sp³-hybridized carbons (Fsp3) is 0.222. The first-order valence-electron chi connectivity index (χ1n) is 8.04. The number of rotatable bonds is 6. The van der Waals surface area contributed by atoms with Crippen LogP contribution in [-0.2, 0) is 4.74 Å². The first-order valence-corrected chi connectivity index (χ1v) is 9.02. The van der Waals surface area contributed by atoms with Gasteiger partial charge in [-0.3, -0.25) is 4.79 Å². The molecule has 0 bridgehead atoms. The number of para-hydroxylation sites is 1. The molecule has 7 nitrogen and oxygen atoms in total. The van der Waals surface area contributed by atoms with Crippen molar-refractivity contribution in [3.63, 3.8) is 0 Å². The van der Waals surface area contributed by atoms with Gasteiger partial charge in [0.2, 0.25) is 0 Å². The van der Waals surface area contributed by atoms with E-state index >= 15 is 0 Å². The van der Waals surface area contributed by atoms with Gasteiger partial charge >= 0.3 is 5.97 Å². The van der Waals surface area contributed by atoms with Gasteiger partial charge in [-0.15, -0.1) is 0 Å². The average Bonchev–Trinajstić information content (AvgIpc) is 2.95. The number of ether oxygens (including phenoxy) is 1. The van der Waals surface area contributed by atoms with Crippen molar-refractivity contribution >= 4 is 40.2 Å². The lowest BCUT2D eigenvalue weighted by atomic mass is 10.1. The van der Waals surface area contributed by atoms with E-state index in [2.05, 4.69) is 15.0 Å². The zero-order chi connectivity index (χ0) is 18.7. The van der Waals surface area contributed by atoms with Crippen LogP contribution in [-0.4, -0.2) is 39.1 Å². The van der Waals surface area contributed by atoms with Crippen molar-refractivity contribution in [3.05, 3.63) is 47.3 Å². The second-order valence-corrected chi connectivity index (χ2v) is 6.50. The highest BCUT2D eigenvalue weighted by Gasteiger charge is 2.18. The molecule has 0 unspecified atom stereocenters. The maximum absolute atomic E-state index is 12.7. The standard InChI is InChI=1S/C18H18N4O3S/c1-3-25-17(24)12-8-20-18(22-16(12)19)26-9-14(23)15-10(2)21-13-7-5-4-6-11(13)15/h4-8,21H,3,9H2,1-2H3,(H2,19,20,22). The number of ketones is 1. The van der Waals surface area contributed by atoms with Crippen LogP contribution >= 0.6 is 11.8 Å². The van der Waals surface area contributed by atoms with Gasteiger partial charge in [0.25, 0.3) is 0 Å². The molecule has 0 aliphatic carbocycles. The van der Waals surface area contributed by atoms with Crippen molar-refractivity contribution < 1.29 is 14.3 Å². The van der Waals surface area contributed by atoms with Gasteiger partial charge in [-0.2, -0.15) is 0 Å². The number of aromatic nitrogens is 3. The van der Waals surface area contributed by atoms with Gasteiger partial charge in [0, 0.05) is 28.4 Å². The third kappa shape index (κ3) is 3.55. The van der Waals surface area contributed by atoms with Crippen molar-refractivity contribution in [1.82, 2.24) is 15.0 Å². The third-order valence-corrected chi connectivity index (χ3v) is 4.66. The Morgan fingerprint density at radius 2 is 2.08 bits per heavy atom. The minimum atomic E-state index is -0.563. The average molecular weight is 370 g/mol. The number of esters is 1. The number of nitrogen functional groups attached to an aromatic ring is 1. The van der Waals surface area contributed by atoms with Crippen LogP contribution in [0, 0.1) is 6.92 Å². The minimum Gasteiger partial charge on any atom is -0.462 e. The summed E-state index contributed by atoms with van der Waals surface area (Å²) in [5.74, 6) is -0.383. The molecule has 0 radical (unpaired) electrons. The normalized spacial score (nSPS) is 10.8. The summed E-state index contributed by atoms with van der Waals surface area (Å²) in [4.78, 5) is 35.8.